The minimum Gasteiger partial charge on any atom is -0.368 e. The molecule has 1 N–H and O–H groups in total. The zero-order chi connectivity index (χ0) is 21.6. The minimum atomic E-state index is -0.401. The van der Waals surface area contributed by atoms with Crippen molar-refractivity contribution < 1.29 is 9.72 Å². The Bertz CT molecular complexity index is 1050. The summed E-state index contributed by atoms with van der Waals surface area (Å²) < 4.78 is 0. The summed E-state index contributed by atoms with van der Waals surface area (Å²) >= 11 is 0. The van der Waals surface area contributed by atoms with Crippen molar-refractivity contribution in [2.75, 3.05) is 36.4 Å². The summed E-state index contributed by atoms with van der Waals surface area (Å²) in [6.07, 6.45) is 0.755. The Kier molecular flexibility index (Phi) is 6.12. The Hall–Kier alpha value is -3.87. The van der Waals surface area contributed by atoms with E-state index in [9.17, 15) is 14.9 Å². The first-order valence-electron chi connectivity index (χ1n) is 10.3. The van der Waals surface area contributed by atoms with Gasteiger partial charge in [-0.1, -0.05) is 48.5 Å². The van der Waals surface area contributed by atoms with Crippen molar-refractivity contribution in [1.29, 1.82) is 0 Å². The lowest BCUT2D eigenvalue weighted by Gasteiger charge is -2.36. The maximum Gasteiger partial charge on any atom is 0.321 e. The SMILES string of the molecule is O=C(Nc1ccccc1Cc1ccccc1)N1CCN(c2ccc([N+](=O)[O-])cc2)CC1. The number of hydrogen-bond donors (Lipinski definition) is 1. The normalized spacial score (nSPS) is 13.7. The van der Waals surface area contributed by atoms with E-state index < -0.39 is 4.92 Å². The predicted molar refractivity (Wildman–Crippen MR) is 122 cm³/mol. The number of nitro groups is 1. The van der Waals surface area contributed by atoms with Crippen LogP contribution in [-0.4, -0.2) is 42.0 Å². The van der Waals surface area contributed by atoms with Crippen molar-refractivity contribution in [2.24, 2.45) is 0 Å². The van der Waals surface area contributed by atoms with Gasteiger partial charge in [-0.2, -0.15) is 0 Å². The lowest BCUT2D eigenvalue weighted by molar-refractivity contribution is -0.384. The largest absolute Gasteiger partial charge is 0.368 e. The Labute approximate surface area is 181 Å². The second-order valence-electron chi connectivity index (χ2n) is 7.50. The van der Waals surface area contributed by atoms with Gasteiger partial charge in [-0.3, -0.25) is 10.1 Å². The highest BCUT2D eigenvalue weighted by Crippen LogP contribution is 2.22. The summed E-state index contributed by atoms with van der Waals surface area (Å²) in [6, 6.07) is 24.5. The van der Waals surface area contributed by atoms with Crippen LogP contribution in [0.3, 0.4) is 0 Å². The maximum absolute atomic E-state index is 12.9. The first-order valence-corrected chi connectivity index (χ1v) is 10.3. The number of carbonyl (C=O) groups is 1. The second kappa shape index (κ2) is 9.30. The van der Waals surface area contributed by atoms with Crippen LogP contribution in [0.4, 0.5) is 21.9 Å². The Morgan fingerprint density at radius 3 is 2.19 bits per heavy atom. The van der Waals surface area contributed by atoms with Crippen molar-refractivity contribution in [3.8, 4) is 0 Å². The van der Waals surface area contributed by atoms with Crippen LogP contribution in [0.5, 0.6) is 0 Å². The molecule has 0 saturated carbocycles. The molecule has 0 spiro atoms. The summed E-state index contributed by atoms with van der Waals surface area (Å²) in [6.45, 7) is 2.53. The molecule has 1 heterocycles. The van der Waals surface area contributed by atoms with E-state index in [1.807, 2.05) is 42.5 Å². The van der Waals surface area contributed by atoms with Crippen molar-refractivity contribution in [1.82, 2.24) is 4.90 Å². The number of nitrogens with one attached hydrogen (secondary N) is 1. The molecule has 158 valence electrons. The highest BCUT2D eigenvalue weighted by molar-refractivity contribution is 5.90. The minimum absolute atomic E-state index is 0.0796. The smallest absolute Gasteiger partial charge is 0.321 e. The number of piperazine rings is 1. The summed E-state index contributed by atoms with van der Waals surface area (Å²) in [7, 11) is 0. The fraction of sp³-hybridized carbons (Fsp3) is 0.208. The summed E-state index contributed by atoms with van der Waals surface area (Å²) in [4.78, 5) is 27.2. The third-order valence-corrected chi connectivity index (χ3v) is 5.49. The van der Waals surface area contributed by atoms with E-state index in [-0.39, 0.29) is 11.7 Å². The fourth-order valence-electron chi connectivity index (χ4n) is 3.76. The zero-order valence-electron chi connectivity index (χ0n) is 17.1. The predicted octanol–water partition coefficient (Wildman–Crippen LogP) is 4.54. The molecule has 31 heavy (non-hydrogen) atoms. The number of rotatable bonds is 5. The lowest BCUT2D eigenvalue weighted by atomic mass is 10.0. The molecule has 7 nitrogen and oxygen atoms in total. The molecule has 3 aromatic carbocycles. The van der Waals surface area contributed by atoms with Gasteiger partial charge in [-0.15, -0.1) is 0 Å². The third kappa shape index (κ3) is 5.01. The van der Waals surface area contributed by atoms with Crippen molar-refractivity contribution in [3.63, 3.8) is 0 Å². The highest BCUT2D eigenvalue weighted by Gasteiger charge is 2.22. The van der Waals surface area contributed by atoms with Crippen molar-refractivity contribution >= 4 is 23.1 Å². The summed E-state index contributed by atoms with van der Waals surface area (Å²) in [5, 5.41) is 13.9. The van der Waals surface area contributed by atoms with E-state index in [1.54, 1.807) is 17.0 Å². The van der Waals surface area contributed by atoms with Gasteiger partial charge in [0.25, 0.3) is 5.69 Å². The average molecular weight is 416 g/mol. The number of nitro benzene ring substituents is 1. The number of para-hydroxylation sites is 1. The van der Waals surface area contributed by atoms with E-state index >= 15 is 0 Å². The fourth-order valence-corrected chi connectivity index (χ4v) is 3.76. The van der Waals surface area contributed by atoms with Crippen molar-refractivity contribution in [2.45, 2.75) is 6.42 Å². The van der Waals surface area contributed by atoms with Crippen molar-refractivity contribution in [3.05, 3.63) is 100 Å². The number of anilines is 2. The van der Waals surface area contributed by atoms with Gasteiger partial charge in [-0.25, -0.2) is 4.79 Å². The number of amides is 2. The summed E-state index contributed by atoms with van der Waals surface area (Å²) in [5.74, 6) is 0. The van der Waals surface area contributed by atoms with Crippen LogP contribution in [0.2, 0.25) is 0 Å². The molecule has 0 radical (unpaired) electrons. The number of urea groups is 1. The first kappa shape index (κ1) is 20.4. The molecule has 0 atom stereocenters. The van der Waals surface area contributed by atoms with Crippen LogP contribution in [-0.2, 0) is 6.42 Å². The van der Waals surface area contributed by atoms with Gasteiger partial charge in [0.1, 0.15) is 0 Å². The Morgan fingerprint density at radius 2 is 1.52 bits per heavy atom. The molecule has 3 aromatic rings. The molecule has 0 aromatic heterocycles. The van der Waals surface area contributed by atoms with Gasteiger partial charge in [0.05, 0.1) is 4.92 Å². The molecule has 0 aliphatic carbocycles. The quantitative estimate of drug-likeness (QED) is 0.489. The molecular formula is C24H24N4O3. The van der Waals surface area contributed by atoms with E-state index in [1.165, 1.54) is 17.7 Å². The van der Waals surface area contributed by atoms with Crippen LogP contribution < -0.4 is 10.2 Å². The molecule has 1 aliphatic heterocycles. The molecule has 4 rings (SSSR count). The molecule has 7 heteroatoms. The van der Waals surface area contributed by atoms with Crippen LogP contribution in [0, 0.1) is 10.1 Å². The molecule has 0 bridgehead atoms. The molecule has 0 unspecified atom stereocenters. The van der Waals surface area contributed by atoms with E-state index in [4.69, 9.17) is 0 Å². The topological polar surface area (TPSA) is 78.7 Å². The Morgan fingerprint density at radius 1 is 0.871 bits per heavy atom. The molecule has 1 aliphatic rings. The zero-order valence-corrected chi connectivity index (χ0v) is 17.1. The summed E-state index contributed by atoms with van der Waals surface area (Å²) in [5.41, 5.74) is 4.11. The van der Waals surface area contributed by atoms with E-state index in [0.29, 0.717) is 26.2 Å². The van der Waals surface area contributed by atoms with E-state index in [0.717, 1.165) is 23.4 Å². The number of non-ortho nitro benzene ring substituents is 1. The van der Waals surface area contributed by atoms with Gasteiger partial charge >= 0.3 is 6.03 Å². The second-order valence-corrected chi connectivity index (χ2v) is 7.50. The maximum atomic E-state index is 12.9. The first-order chi connectivity index (χ1) is 15.1. The number of hydrogen-bond acceptors (Lipinski definition) is 4. The van der Waals surface area contributed by atoms with Crippen LogP contribution in [0.15, 0.2) is 78.9 Å². The molecule has 1 saturated heterocycles. The van der Waals surface area contributed by atoms with Gasteiger partial charge in [-0.05, 0) is 35.7 Å². The van der Waals surface area contributed by atoms with Gasteiger partial charge in [0, 0.05) is 49.7 Å². The number of carbonyl (C=O) groups excluding carboxylic acids is 1. The highest BCUT2D eigenvalue weighted by atomic mass is 16.6. The lowest BCUT2D eigenvalue weighted by Crippen LogP contribution is -2.50. The van der Waals surface area contributed by atoms with Gasteiger partial charge < -0.3 is 15.1 Å². The number of benzene rings is 3. The van der Waals surface area contributed by atoms with Gasteiger partial charge in [0.2, 0.25) is 0 Å². The van der Waals surface area contributed by atoms with Crippen LogP contribution >= 0.6 is 0 Å². The van der Waals surface area contributed by atoms with Gasteiger partial charge in [0.15, 0.2) is 0 Å². The van der Waals surface area contributed by atoms with E-state index in [2.05, 4.69) is 22.3 Å². The number of nitrogens with zero attached hydrogens (tertiary/aromatic N) is 3. The monoisotopic (exact) mass is 416 g/mol. The standard InChI is InChI=1S/C24H24N4O3/c29-24(25-23-9-5-4-8-20(23)18-19-6-2-1-3-7-19)27-16-14-26(15-17-27)21-10-12-22(13-11-21)28(30)31/h1-13H,14-18H2,(H,25,29). The van der Waals surface area contributed by atoms with Crippen LogP contribution in [0.25, 0.3) is 0 Å². The molecular weight excluding hydrogens is 392 g/mol. The molecule has 2 amide bonds. The van der Waals surface area contributed by atoms with Crippen LogP contribution in [0.1, 0.15) is 11.1 Å². The average Bonchev–Trinajstić information content (AvgIpc) is 2.81. The molecule has 1 fully saturated rings. The third-order valence-electron chi connectivity index (χ3n) is 5.49. The Balaban J connectivity index is 1.36.